The number of pyridine rings is 1. The van der Waals surface area contributed by atoms with E-state index in [1.165, 1.54) is 0 Å². The lowest BCUT2D eigenvalue weighted by molar-refractivity contribution is 1.25. The zero-order valence-corrected chi connectivity index (χ0v) is 6.49. The first-order valence-electron chi connectivity index (χ1n) is 3.40. The molecule has 2 heteroatoms. The minimum atomic E-state index is 0.944. The Hall–Kier alpha value is -1.44. The Labute approximate surface area is 66.3 Å². The van der Waals surface area contributed by atoms with Crippen LogP contribution in [0.4, 0.5) is 5.69 Å². The molecule has 11 heavy (non-hydrogen) atoms. The third-order valence-corrected chi connectivity index (χ3v) is 1.31. The van der Waals surface area contributed by atoms with Crippen LogP contribution in [0.1, 0.15) is 5.56 Å². The van der Waals surface area contributed by atoms with E-state index in [9.17, 15) is 0 Å². The van der Waals surface area contributed by atoms with Gasteiger partial charge in [-0.1, -0.05) is 12.7 Å². The molecule has 0 aliphatic heterocycles. The summed E-state index contributed by atoms with van der Waals surface area (Å²) in [4.78, 5) is 8.09. The van der Waals surface area contributed by atoms with Gasteiger partial charge in [0.05, 0.1) is 5.69 Å². The molecule has 0 aliphatic rings. The summed E-state index contributed by atoms with van der Waals surface area (Å²) in [6.07, 6.45) is 6.83. The maximum Gasteiger partial charge on any atom is 0.0689 e. The quantitative estimate of drug-likeness (QED) is 0.587. The Morgan fingerprint density at radius 1 is 1.64 bits per heavy atom. The molecule has 0 aromatic carbocycles. The molecule has 1 heterocycles. The van der Waals surface area contributed by atoms with E-state index in [4.69, 9.17) is 0 Å². The first-order chi connectivity index (χ1) is 5.34. The van der Waals surface area contributed by atoms with Crippen molar-refractivity contribution in [3.05, 3.63) is 36.7 Å². The van der Waals surface area contributed by atoms with E-state index in [0.717, 1.165) is 11.3 Å². The van der Waals surface area contributed by atoms with Crippen LogP contribution in [0.15, 0.2) is 36.1 Å². The van der Waals surface area contributed by atoms with Gasteiger partial charge in [0.25, 0.3) is 0 Å². The number of aryl methyl sites for hydroxylation is 1. The Morgan fingerprint density at radius 2 is 2.45 bits per heavy atom. The fourth-order valence-electron chi connectivity index (χ4n) is 0.744. The van der Waals surface area contributed by atoms with Crippen molar-refractivity contribution in [1.82, 2.24) is 4.98 Å². The van der Waals surface area contributed by atoms with Crippen LogP contribution in [-0.2, 0) is 0 Å². The third-order valence-electron chi connectivity index (χ3n) is 1.31. The molecule has 0 saturated heterocycles. The zero-order chi connectivity index (χ0) is 8.10. The molecule has 1 aromatic heterocycles. The number of rotatable bonds is 2. The second kappa shape index (κ2) is 3.66. The van der Waals surface area contributed by atoms with E-state index >= 15 is 0 Å². The average molecular weight is 146 g/mol. The maximum absolute atomic E-state index is 4.14. The van der Waals surface area contributed by atoms with Crippen LogP contribution in [0.25, 0.3) is 0 Å². The summed E-state index contributed by atoms with van der Waals surface area (Å²) in [5, 5.41) is 0. The van der Waals surface area contributed by atoms with Crippen molar-refractivity contribution in [1.29, 1.82) is 0 Å². The minimum Gasteiger partial charge on any atom is -0.264 e. The molecule has 2 nitrogen and oxygen atoms in total. The van der Waals surface area contributed by atoms with E-state index < -0.39 is 0 Å². The highest BCUT2D eigenvalue weighted by Gasteiger charge is 1.90. The Kier molecular flexibility index (Phi) is 2.55. The van der Waals surface area contributed by atoms with Crippen molar-refractivity contribution in [2.75, 3.05) is 0 Å². The van der Waals surface area contributed by atoms with Gasteiger partial charge in [-0.2, -0.15) is 0 Å². The third kappa shape index (κ3) is 2.00. The molecule has 0 saturated carbocycles. The number of allylic oxidation sites excluding steroid dienone is 1. The standard InChI is InChI=1S/C9H10N2/c1-3-5-11-9-4-6-10-7-8(9)2/h3-7H,1H2,2H3. The van der Waals surface area contributed by atoms with E-state index in [-0.39, 0.29) is 0 Å². The second-order valence-corrected chi connectivity index (χ2v) is 2.18. The molecule has 0 amide bonds. The van der Waals surface area contributed by atoms with Crippen molar-refractivity contribution in [3.8, 4) is 0 Å². The molecule has 0 bridgehead atoms. The minimum absolute atomic E-state index is 0.944. The lowest BCUT2D eigenvalue weighted by Crippen LogP contribution is -1.76. The van der Waals surface area contributed by atoms with Crippen molar-refractivity contribution < 1.29 is 0 Å². The summed E-state index contributed by atoms with van der Waals surface area (Å²) in [5.41, 5.74) is 2.02. The predicted octanol–water partition coefficient (Wildman–Crippen LogP) is 2.28. The number of aliphatic imine (C=N–C) groups is 1. The number of nitrogens with zero attached hydrogens (tertiary/aromatic N) is 2. The SMILES string of the molecule is C=CC=Nc1ccncc1C. The van der Waals surface area contributed by atoms with Gasteiger partial charge >= 0.3 is 0 Å². The molecular weight excluding hydrogens is 136 g/mol. The lowest BCUT2D eigenvalue weighted by Gasteiger charge is -1.94. The van der Waals surface area contributed by atoms with Gasteiger partial charge in [0.2, 0.25) is 0 Å². The Bertz CT molecular complexity index is 277. The molecule has 56 valence electrons. The number of hydrogen-bond acceptors (Lipinski definition) is 2. The topological polar surface area (TPSA) is 25.2 Å². The van der Waals surface area contributed by atoms with Crippen molar-refractivity contribution in [3.63, 3.8) is 0 Å². The summed E-state index contributed by atoms with van der Waals surface area (Å²) in [6.45, 7) is 5.52. The predicted molar refractivity (Wildman–Crippen MR) is 47.3 cm³/mol. The molecular formula is C9H10N2. The Morgan fingerprint density at radius 3 is 3.09 bits per heavy atom. The summed E-state index contributed by atoms with van der Waals surface area (Å²) in [6, 6.07) is 1.87. The molecule has 0 atom stereocenters. The largest absolute Gasteiger partial charge is 0.264 e. The number of hydrogen-bond donors (Lipinski definition) is 0. The van der Waals surface area contributed by atoms with Crippen LogP contribution in [-0.4, -0.2) is 11.2 Å². The molecule has 0 unspecified atom stereocenters. The fourth-order valence-corrected chi connectivity index (χ4v) is 0.744. The van der Waals surface area contributed by atoms with Gasteiger partial charge in [-0.15, -0.1) is 0 Å². The van der Waals surface area contributed by atoms with Crippen molar-refractivity contribution >= 4 is 11.9 Å². The summed E-state index contributed by atoms with van der Waals surface area (Å²) >= 11 is 0. The van der Waals surface area contributed by atoms with Gasteiger partial charge in [-0.3, -0.25) is 9.98 Å². The number of aromatic nitrogens is 1. The lowest BCUT2D eigenvalue weighted by atomic mass is 10.3. The molecule has 0 spiro atoms. The maximum atomic E-state index is 4.14. The summed E-state index contributed by atoms with van der Waals surface area (Å²) in [5.74, 6) is 0. The summed E-state index contributed by atoms with van der Waals surface area (Å²) in [7, 11) is 0. The first kappa shape index (κ1) is 7.66. The first-order valence-corrected chi connectivity index (χ1v) is 3.40. The van der Waals surface area contributed by atoms with E-state index in [1.54, 1.807) is 24.7 Å². The molecule has 0 fully saturated rings. The van der Waals surface area contributed by atoms with E-state index in [1.807, 2.05) is 13.0 Å². The monoisotopic (exact) mass is 146 g/mol. The van der Waals surface area contributed by atoms with Gasteiger partial charge in [-0.05, 0) is 18.6 Å². The van der Waals surface area contributed by atoms with Gasteiger partial charge in [0, 0.05) is 18.6 Å². The molecule has 0 radical (unpaired) electrons. The van der Waals surface area contributed by atoms with E-state index in [2.05, 4.69) is 16.6 Å². The highest BCUT2D eigenvalue weighted by Crippen LogP contribution is 2.14. The van der Waals surface area contributed by atoms with Gasteiger partial charge < -0.3 is 0 Å². The van der Waals surface area contributed by atoms with Gasteiger partial charge in [0.1, 0.15) is 0 Å². The zero-order valence-electron chi connectivity index (χ0n) is 6.49. The van der Waals surface area contributed by atoms with Crippen LogP contribution in [0.3, 0.4) is 0 Å². The Balaban J connectivity index is 2.94. The van der Waals surface area contributed by atoms with Crippen LogP contribution in [0, 0.1) is 6.92 Å². The summed E-state index contributed by atoms with van der Waals surface area (Å²) < 4.78 is 0. The highest BCUT2D eigenvalue weighted by atomic mass is 14.7. The fraction of sp³-hybridized carbons (Fsp3) is 0.111. The normalized spacial score (nSPS) is 10.3. The van der Waals surface area contributed by atoms with Gasteiger partial charge in [0.15, 0.2) is 0 Å². The van der Waals surface area contributed by atoms with E-state index in [0.29, 0.717) is 0 Å². The molecule has 0 N–H and O–H groups in total. The molecule has 1 rings (SSSR count). The van der Waals surface area contributed by atoms with Crippen LogP contribution >= 0.6 is 0 Å². The van der Waals surface area contributed by atoms with Crippen molar-refractivity contribution in [2.24, 2.45) is 4.99 Å². The van der Waals surface area contributed by atoms with Crippen LogP contribution < -0.4 is 0 Å². The smallest absolute Gasteiger partial charge is 0.0689 e. The van der Waals surface area contributed by atoms with Crippen LogP contribution in [0.2, 0.25) is 0 Å². The molecule has 0 aliphatic carbocycles. The average Bonchev–Trinajstić information content (AvgIpc) is 2.03. The molecule has 1 aromatic rings. The van der Waals surface area contributed by atoms with Crippen molar-refractivity contribution in [2.45, 2.75) is 6.92 Å². The van der Waals surface area contributed by atoms with Gasteiger partial charge in [-0.25, -0.2) is 0 Å². The highest BCUT2D eigenvalue weighted by molar-refractivity contribution is 5.74. The second-order valence-electron chi connectivity index (χ2n) is 2.18. The van der Waals surface area contributed by atoms with Crippen LogP contribution in [0.5, 0.6) is 0 Å².